The van der Waals surface area contributed by atoms with Crippen molar-refractivity contribution < 1.29 is 4.79 Å². The summed E-state index contributed by atoms with van der Waals surface area (Å²) in [5.74, 6) is 0.306. The van der Waals surface area contributed by atoms with Gasteiger partial charge in [-0.05, 0) is 33.6 Å². The van der Waals surface area contributed by atoms with Gasteiger partial charge >= 0.3 is 0 Å². The maximum absolute atomic E-state index is 13.0. The summed E-state index contributed by atoms with van der Waals surface area (Å²) in [4.78, 5) is 27.6. The van der Waals surface area contributed by atoms with Gasteiger partial charge in [0, 0.05) is 31.4 Å². The number of carbonyl (C=O) groups is 1. The minimum absolute atomic E-state index is 0.0633. The van der Waals surface area contributed by atoms with Crippen LogP contribution in [0.4, 0.5) is 0 Å². The molecule has 1 fully saturated rings. The number of aromatic nitrogens is 5. The Hall–Kier alpha value is -2.31. The van der Waals surface area contributed by atoms with Crippen molar-refractivity contribution in [2.24, 2.45) is 0 Å². The van der Waals surface area contributed by atoms with E-state index in [-0.39, 0.29) is 11.8 Å². The lowest BCUT2D eigenvalue weighted by atomic mass is 9.93. The van der Waals surface area contributed by atoms with Crippen molar-refractivity contribution in [1.29, 1.82) is 0 Å². The molecule has 3 rings (SSSR count). The summed E-state index contributed by atoms with van der Waals surface area (Å²) in [6, 6.07) is 0. The molecular weight excluding hydrogens is 292 g/mol. The van der Waals surface area contributed by atoms with Crippen LogP contribution in [-0.2, 0) is 10.3 Å². The summed E-state index contributed by atoms with van der Waals surface area (Å²) >= 11 is 0. The van der Waals surface area contributed by atoms with Crippen LogP contribution in [0.15, 0.2) is 25.0 Å². The van der Waals surface area contributed by atoms with Gasteiger partial charge in [0.25, 0.3) is 0 Å². The number of aryl methyl sites for hydroxylation is 1. The Labute approximate surface area is 135 Å². The first-order chi connectivity index (χ1) is 11.0. The monoisotopic (exact) mass is 314 g/mol. The fourth-order valence-electron chi connectivity index (χ4n) is 3.06. The van der Waals surface area contributed by atoms with Crippen molar-refractivity contribution in [3.05, 3.63) is 36.4 Å². The molecule has 0 unspecified atom stereocenters. The standard InChI is InChI=1S/C16H22N6O/c1-12-7-17-8-14(20-12)13-5-4-6-21(9-13)15(23)16(2,3)22-11-18-10-19-22/h7-8,10-11,13H,4-6,9H2,1-3H3/t13-/m1/s1. The van der Waals surface area contributed by atoms with Crippen molar-refractivity contribution in [3.8, 4) is 0 Å². The summed E-state index contributed by atoms with van der Waals surface area (Å²) in [6.07, 6.45) is 8.62. The van der Waals surface area contributed by atoms with E-state index in [0.29, 0.717) is 6.54 Å². The summed E-state index contributed by atoms with van der Waals surface area (Å²) < 4.78 is 1.62. The number of hydrogen-bond donors (Lipinski definition) is 0. The molecule has 2 aromatic rings. The van der Waals surface area contributed by atoms with Crippen LogP contribution < -0.4 is 0 Å². The largest absolute Gasteiger partial charge is 0.340 e. The van der Waals surface area contributed by atoms with E-state index in [4.69, 9.17) is 0 Å². The maximum atomic E-state index is 13.0. The topological polar surface area (TPSA) is 76.8 Å². The summed E-state index contributed by atoms with van der Waals surface area (Å²) in [7, 11) is 0. The number of likely N-dealkylation sites (tertiary alicyclic amines) is 1. The second kappa shape index (κ2) is 6.06. The third-order valence-electron chi connectivity index (χ3n) is 4.42. The Morgan fingerprint density at radius 3 is 2.83 bits per heavy atom. The van der Waals surface area contributed by atoms with Crippen molar-refractivity contribution in [2.45, 2.75) is 45.1 Å². The number of piperidine rings is 1. The molecule has 7 nitrogen and oxygen atoms in total. The van der Waals surface area contributed by atoms with Gasteiger partial charge in [-0.15, -0.1) is 0 Å². The highest BCUT2D eigenvalue weighted by molar-refractivity contribution is 5.83. The summed E-state index contributed by atoms with van der Waals surface area (Å²) in [5.41, 5.74) is 1.14. The summed E-state index contributed by atoms with van der Waals surface area (Å²) in [6.45, 7) is 7.14. The molecule has 0 N–H and O–H groups in total. The predicted molar refractivity (Wildman–Crippen MR) is 84.7 cm³/mol. The number of nitrogens with zero attached hydrogens (tertiary/aromatic N) is 6. The quantitative estimate of drug-likeness (QED) is 0.858. The molecule has 0 radical (unpaired) electrons. The number of amides is 1. The minimum atomic E-state index is -0.739. The van der Waals surface area contributed by atoms with E-state index < -0.39 is 5.54 Å². The fraction of sp³-hybridized carbons (Fsp3) is 0.562. The van der Waals surface area contributed by atoms with Crippen LogP contribution in [0.1, 0.15) is 44.0 Å². The zero-order chi connectivity index (χ0) is 16.4. The van der Waals surface area contributed by atoms with Crippen LogP contribution >= 0.6 is 0 Å². The Kier molecular flexibility index (Phi) is 4.11. The molecule has 0 spiro atoms. The molecule has 2 aromatic heterocycles. The molecule has 1 amide bonds. The molecule has 1 aliphatic heterocycles. The molecule has 1 aliphatic rings. The highest BCUT2D eigenvalue weighted by atomic mass is 16.2. The second-order valence-corrected chi connectivity index (χ2v) is 6.57. The van der Waals surface area contributed by atoms with Gasteiger partial charge in [-0.3, -0.25) is 14.8 Å². The normalized spacial score (nSPS) is 18.9. The zero-order valence-corrected chi connectivity index (χ0v) is 13.8. The van der Waals surface area contributed by atoms with Gasteiger partial charge in [0.05, 0.1) is 11.4 Å². The van der Waals surface area contributed by atoms with E-state index in [2.05, 4.69) is 20.1 Å². The average Bonchev–Trinajstić information content (AvgIpc) is 3.09. The van der Waals surface area contributed by atoms with Crippen molar-refractivity contribution >= 4 is 5.91 Å². The highest BCUT2D eigenvalue weighted by Crippen LogP contribution is 2.28. The molecule has 0 aromatic carbocycles. The van der Waals surface area contributed by atoms with Crippen LogP contribution in [0.5, 0.6) is 0 Å². The van der Waals surface area contributed by atoms with Crippen LogP contribution in [0.3, 0.4) is 0 Å². The molecule has 1 saturated heterocycles. The lowest BCUT2D eigenvalue weighted by Crippen LogP contribution is -2.50. The number of rotatable bonds is 3. The van der Waals surface area contributed by atoms with E-state index in [1.165, 1.54) is 6.33 Å². The van der Waals surface area contributed by atoms with Crippen molar-refractivity contribution in [3.63, 3.8) is 0 Å². The zero-order valence-electron chi connectivity index (χ0n) is 13.8. The van der Waals surface area contributed by atoms with Gasteiger partial charge in [-0.1, -0.05) is 0 Å². The van der Waals surface area contributed by atoms with Crippen molar-refractivity contribution in [2.75, 3.05) is 13.1 Å². The van der Waals surface area contributed by atoms with Gasteiger partial charge in [-0.2, -0.15) is 5.10 Å². The molecule has 7 heteroatoms. The lowest BCUT2D eigenvalue weighted by Gasteiger charge is -2.37. The van der Waals surface area contributed by atoms with Crippen LogP contribution in [0.25, 0.3) is 0 Å². The van der Waals surface area contributed by atoms with E-state index in [1.54, 1.807) is 17.2 Å². The first kappa shape index (κ1) is 15.6. The van der Waals surface area contributed by atoms with Gasteiger partial charge in [-0.25, -0.2) is 9.67 Å². The van der Waals surface area contributed by atoms with Gasteiger partial charge in [0.2, 0.25) is 5.91 Å². The molecular formula is C16H22N6O. The Bertz CT molecular complexity index is 682. The first-order valence-corrected chi connectivity index (χ1v) is 7.91. The minimum Gasteiger partial charge on any atom is -0.340 e. The molecule has 23 heavy (non-hydrogen) atoms. The SMILES string of the molecule is Cc1cncc([C@@H]2CCCN(C(=O)C(C)(C)n3cncn3)C2)n1. The van der Waals surface area contributed by atoms with E-state index in [9.17, 15) is 4.79 Å². The third-order valence-corrected chi connectivity index (χ3v) is 4.42. The Morgan fingerprint density at radius 1 is 1.30 bits per heavy atom. The lowest BCUT2D eigenvalue weighted by molar-refractivity contribution is -0.141. The van der Waals surface area contributed by atoms with Gasteiger partial charge < -0.3 is 4.90 Å². The number of hydrogen-bond acceptors (Lipinski definition) is 5. The molecule has 0 saturated carbocycles. The van der Waals surface area contributed by atoms with Crippen LogP contribution in [0.2, 0.25) is 0 Å². The molecule has 0 bridgehead atoms. The maximum Gasteiger partial charge on any atom is 0.250 e. The third kappa shape index (κ3) is 3.09. The van der Waals surface area contributed by atoms with Gasteiger partial charge in [0.15, 0.2) is 0 Å². The van der Waals surface area contributed by atoms with Crippen molar-refractivity contribution in [1.82, 2.24) is 29.6 Å². The smallest absolute Gasteiger partial charge is 0.250 e. The van der Waals surface area contributed by atoms with E-state index in [1.807, 2.05) is 31.9 Å². The second-order valence-electron chi connectivity index (χ2n) is 6.57. The van der Waals surface area contributed by atoms with Crippen LogP contribution in [-0.4, -0.2) is 48.6 Å². The Balaban J connectivity index is 1.77. The predicted octanol–water partition coefficient (Wildman–Crippen LogP) is 1.52. The molecule has 122 valence electrons. The van der Waals surface area contributed by atoms with E-state index >= 15 is 0 Å². The average molecular weight is 314 g/mol. The molecule has 0 aliphatic carbocycles. The van der Waals surface area contributed by atoms with E-state index in [0.717, 1.165) is 30.8 Å². The first-order valence-electron chi connectivity index (χ1n) is 7.91. The molecule has 3 heterocycles. The van der Waals surface area contributed by atoms with Crippen LogP contribution in [0, 0.1) is 6.92 Å². The Morgan fingerprint density at radius 2 is 2.13 bits per heavy atom. The summed E-state index contributed by atoms with van der Waals surface area (Å²) in [5, 5.41) is 4.13. The fourth-order valence-corrected chi connectivity index (χ4v) is 3.06. The highest BCUT2D eigenvalue weighted by Gasteiger charge is 2.37. The number of carbonyl (C=O) groups excluding carboxylic acids is 1. The molecule has 1 atom stereocenters. The van der Waals surface area contributed by atoms with Gasteiger partial charge in [0.1, 0.15) is 18.2 Å².